The molecule has 0 bridgehead atoms. The highest BCUT2D eigenvalue weighted by molar-refractivity contribution is 6.36. The van der Waals surface area contributed by atoms with Gasteiger partial charge < -0.3 is 25.0 Å². The number of halogens is 2. The molecule has 206 valence electrons. The zero-order chi connectivity index (χ0) is 28.9. The van der Waals surface area contributed by atoms with Gasteiger partial charge in [0.25, 0.3) is 0 Å². The minimum absolute atomic E-state index is 0.0253. The molecule has 0 aliphatic heterocycles. The largest absolute Gasteiger partial charge is 0.478 e. The van der Waals surface area contributed by atoms with Crippen molar-refractivity contribution >= 4 is 47.1 Å². The molecule has 9 nitrogen and oxygen atoms in total. The number of esters is 2. The lowest BCUT2D eigenvalue weighted by atomic mass is 10.1. The van der Waals surface area contributed by atoms with E-state index < -0.39 is 36.1 Å². The molecule has 3 N–H and O–H groups in total. The molecule has 11 heteroatoms. The third-order valence-corrected chi connectivity index (χ3v) is 6.02. The summed E-state index contributed by atoms with van der Waals surface area (Å²) in [6.45, 7) is 2.10. The number of carbonyl (C=O) groups is 4. The maximum absolute atomic E-state index is 12.0. The molecule has 0 aliphatic rings. The standard InChI is InChI=1S/C18H14O8.C10H13Cl2N/c19-15(20)13(25-17(23)11-7-3-1-4-8-11)14(16(21)22)26-18(24)12-9-5-2-6-10-12;1-7(13-2)6-8-9(11)4-3-5-10(8)12/h1-10,13-14H,(H,19,20)(H,21,22);3-5,7,13H,6H2,1-2H3/t13-,14-;/m1./s1. The number of carboxylic acid groups (broad SMARTS) is 2. The Kier molecular flexibility index (Phi) is 12.4. The lowest BCUT2D eigenvalue weighted by molar-refractivity contribution is -0.166. The number of likely N-dealkylation sites (N-methyl/N-ethyl adjacent to an activating group) is 1. The Morgan fingerprint density at radius 1 is 0.718 bits per heavy atom. The molecular formula is C28H27Cl2NO8. The molecule has 0 saturated carbocycles. The molecule has 0 aliphatic carbocycles. The highest BCUT2D eigenvalue weighted by Gasteiger charge is 2.41. The summed E-state index contributed by atoms with van der Waals surface area (Å²) in [6.07, 6.45) is -3.57. The Bertz CT molecular complexity index is 1180. The molecular weight excluding hydrogens is 549 g/mol. The third kappa shape index (κ3) is 9.72. The van der Waals surface area contributed by atoms with Gasteiger partial charge in [0, 0.05) is 16.1 Å². The van der Waals surface area contributed by atoms with Crippen molar-refractivity contribution < 1.29 is 38.9 Å². The fourth-order valence-electron chi connectivity index (χ4n) is 3.13. The van der Waals surface area contributed by atoms with E-state index in [0.29, 0.717) is 6.04 Å². The van der Waals surface area contributed by atoms with Gasteiger partial charge in [-0.2, -0.15) is 0 Å². The van der Waals surface area contributed by atoms with E-state index in [-0.39, 0.29) is 11.1 Å². The quantitative estimate of drug-likeness (QED) is 0.292. The average molecular weight is 576 g/mol. The summed E-state index contributed by atoms with van der Waals surface area (Å²) in [5, 5.41) is 23.1. The molecule has 0 radical (unpaired) electrons. The number of nitrogens with one attached hydrogen (secondary N) is 1. The monoisotopic (exact) mass is 575 g/mol. The zero-order valence-electron chi connectivity index (χ0n) is 21.0. The van der Waals surface area contributed by atoms with Crippen LogP contribution in [0.4, 0.5) is 0 Å². The average Bonchev–Trinajstić information content (AvgIpc) is 2.93. The van der Waals surface area contributed by atoms with Crippen LogP contribution in [0.2, 0.25) is 10.0 Å². The summed E-state index contributed by atoms with van der Waals surface area (Å²) in [5.41, 5.74) is 1.07. The molecule has 0 heterocycles. The van der Waals surface area contributed by atoms with E-state index in [9.17, 15) is 29.4 Å². The van der Waals surface area contributed by atoms with Gasteiger partial charge in [0.1, 0.15) is 0 Å². The minimum Gasteiger partial charge on any atom is -0.478 e. The number of ether oxygens (including phenoxy) is 2. The van der Waals surface area contributed by atoms with E-state index >= 15 is 0 Å². The van der Waals surface area contributed by atoms with Crippen molar-refractivity contribution in [2.24, 2.45) is 0 Å². The molecule has 0 amide bonds. The predicted molar refractivity (Wildman–Crippen MR) is 145 cm³/mol. The van der Waals surface area contributed by atoms with Crippen LogP contribution in [0, 0.1) is 0 Å². The van der Waals surface area contributed by atoms with Crippen LogP contribution in [0.25, 0.3) is 0 Å². The van der Waals surface area contributed by atoms with E-state index in [1.807, 2.05) is 25.2 Å². The molecule has 3 rings (SSSR count). The molecule has 39 heavy (non-hydrogen) atoms. The summed E-state index contributed by atoms with van der Waals surface area (Å²) in [6, 6.07) is 20.8. The SMILES string of the molecule is CNC(C)Cc1c(Cl)cccc1Cl.O=C(O[C@@H](C(=O)O)[C@@H](OC(=O)c1ccccc1)C(=O)O)c1ccccc1. The number of hydrogen-bond donors (Lipinski definition) is 3. The van der Waals surface area contributed by atoms with E-state index in [1.165, 1.54) is 48.5 Å². The number of hydrogen-bond acceptors (Lipinski definition) is 7. The van der Waals surface area contributed by atoms with E-state index in [4.69, 9.17) is 32.7 Å². The van der Waals surface area contributed by atoms with Crippen molar-refractivity contribution in [3.8, 4) is 0 Å². The summed E-state index contributed by atoms with van der Waals surface area (Å²) in [5.74, 6) is -5.63. The van der Waals surface area contributed by atoms with Crippen LogP contribution in [0.15, 0.2) is 78.9 Å². The van der Waals surface area contributed by atoms with Gasteiger partial charge in [-0.15, -0.1) is 0 Å². The Morgan fingerprint density at radius 3 is 1.44 bits per heavy atom. The zero-order valence-corrected chi connectivity index (χ0v) is 22.6. The fourth-order valence-corrected chi connectivity index (χ4v) is 3.69. The van der Waals surface area contributed by atoms with E-state index in [0.717, 1.165) is 22.0 Å². The Morgan fingerprint density at radius 2 is 1.10 bits per heavy atom. The summed E-state index contributed by atoms with van der Waals surface area (Å²) in [7, 11) is 1.93. The molecule has 3 aromatic rings. The van der Waals surface area contributed by atoms with Gasteiger partial charge in [0.2, 0.25) is 12.2 Å². The van der Waals surface area contributed by atoms with Crippen LogP contribution in [0.1, 0.15) is 33.2 Å². The molecule has 0 saturated heterocycles. The van der Waals surface area contributed by atoms with Crippen LogP contribution in [0.3, 0.4) is 0 Å². The smallest absolute Gasteiger partial charge is 0.349 e. The van der Waals surface area contributed by atoms with Crippen molar-refractivity contribution in [1.82, 2.24) is 5.32 Å². The first-order valence-corrected chi connectivity index (χ1v) is 12.4. The van der Waals surface area contributed by atoms with Crippen LogP contribution in [0.5, 0.6) is 0 Å². The predicted octanol–water partition coefficient (Wildman–Crippen LogP) is 4.75. The second kappa shape index (κ2) is 15.5. The Balaban J connectivity index is 0.000000344. The second-order valence-corrected chi connectivity index (χ2v) is 8.97. The maximum Gasteiger partial charge on any atom is 0.349 e. The van der Waals surface area contributed by atoms with Gasteiger partial charge >= 0.3 is 23.9 Å². The van der Waals surface area contributed by atoms with E-state index in [1.54, 1.807) is 12.1 Å². The van der Waals surface area contributed by atoms with Crippen molar-refractivity contribution in [1.29, 1.82) is 0 Å². The van der Waals surface area contributed by atoms with Crippen molar-refractivity contribution in [2.45, 2.75) is 31.6 Å². The molecule has 0 spiro atoms. The number of rotatable bonds is 10. The van der Waals surface area contributed by atoms with Gasteiger partial charge in [-0.25, -0.2) is 19.2 Å². The highest BCUT2D eigenvalue weighted by Crippen LogP contribution is 2.25. The second-order valence-electron chi connectivity index (χ2n) is 8.15. The van der Waals surface area contributed by atoms with Gasteiger partial charge in [-0.1, -0.05) is 65.7 Å². The van der Waals surface area contributed by atoms with Crippen LogP contribution in [-0.2, 0) is 25.5 Å². The van der Waals surface area contributed by atoms with Gasteiger partial charge in [-0.3, -0.25) is 0 Å². The first-order chi connectivity index (χ1) is 18.5. The minimum atomic E-state index is -2.21. The maximum atomic E-state index is 12.0. The third-order valence-electron chi connectivity index (χ3n) is 5.31. The van der Waals surface area contributed by atoms with Crippen molar-refractivity contribution in [3.63, 3.8) is 0 Å². The number of aliphatic carboxylic acids is 2. The summed E-state index contributed by atoms with van der Waals surface area (Å²) < 4.78 is 9.52. The Hall–Kier alpha value is -3.92. The summed E-state index contributed by atoms with van der Waals surface area (Å²) >= 11 is 12.0. The van der Waals surface area contributed by atoms with Gasteiger partial charge in [0.15, 0.2) is 0 Å². The van der Waals surface area contributed by atoms with Crippen LogP contribution < -0.4 is 5.32 Å². The van der Waals surface area contributed by atoms with Crippen LogP contribution in [-0.4, -0.2) is 59.4 Å². The number of carbonyl (C=O) groups excluding carboxylic acids is 2. The first-order valence-electron chi connectivity index (χ1n) is 11.6. The topological polar surface area (TPSA) is 139 Å². The molecule has 0 aromatic heterocycles. The molecule has 0 fully saturated rings. The highest BCUT2D eigenvalue weighted by atomic mass is 35.5. The lowest BCUT2D eigenvalue weighted by Gasteiger charge is -2.21. The lowest BCUT2D eigenvalue weighted by Crippen LogP contribution is -2.45. The molecule has 1 unspecified atom stereocenters. The molecule has 3 atom stereocenters. The normalized spacial score (nSPS) is 12.6. The molecule has 3 aromatic carbocycles. The Labute approximate surface area is 235 Å². The number of benzene rings is 3. The van der Waals surface area contributed by atoms with Crippen molar-refractivity contribution in [2.75, 3.05) is 7.05 Å². The van der Waals surface area contributed by atoms with Gasteiger partial charge in [0.05, 0.1) is 11.1 Å². The summed E-state index contributed by atoms with van der Waals surface area (Å²) in [4.78, 5) is 46.8. The van der Waals surface area contributed by atoms with Crippen LogP contribution >= 0.6 is 23.2 Å². The first kappa shape index (κ1) is 31.3. The van der Waals surface area contributed by atoms with Gasteiger partial charge in [-0.05, 0) is 62.4 Å². The van der Waals surface area contributed by atoms with Crippen molar-refractivity contribution in [3.05, 3.63) is 106 Å². The number of carboxylic acids is 2. The van der Waals surface area contributed by atoms with E-state index in [2.05, 4.69) is 12.2 Å². The fraction of sp³-hybridized carbons (Fsp3) is 0.214.